The van der Waals surface area contributed by atoms with Gasteiger partial charge in [-0.3, -0.25) is 14.2 Å². The molecular weight excluding hydrogens is 406 g/mol. The Hall–Kier alpha value is -2.84. The van der Waals surface area contributed by atoms with Crippen molar-refractivity contribution in [3.05, 3.63) is 81.2 Å². The van der Waals surface area contributed by atoms with Gasteiger partial charge in [-0.05, 0) is 42.6 Å². The van der Waals surface area contributed by atoms with E-state index in [1.807, 2.05) is 42.6 Å². The Morgan fingerprint density at radius 2 is 2.10 bits per heavy atom. The molecule has 3 aromatic heterocycles. The molecule has 1 aromatic carbocycles. The highest BCUT2D eigenvalue weighted by atomic mass is 32.2. The van der Waals surface area contributed by atoms with E-state index in [2.05, 4.69) is 10.3 Å². The summed E-state index contributed by atoms with van der Waals surface area (Å²) in [7, 11) is 0. The Labute approximate surface area is 175 Å². The number of thioether (sulfide) groups is 1. The van der Waals surface area contributed by atoms with Gasteiger partial charge in [-0.25, -0.2) is 4.98 Å². The highest BCUT2D eigenvalue weighted by Gasteiger charge is 2.16. The predicted molar refractivity (Wildman–Crippen MR) is 115 cm³/mol. The number of carbonyl (C=O) groups excluding carboxylic acids is 1. The number of para-hydroxylation sites is 1. The molecule has 0 radical (unpaired) electrons. The van der Waals surface area contributed by atoms with Crippen LogP contribution in [0.3, 0.4) is 0 Å². The van der Waals surface area contributed by atoms with Crippen molar-refractivity contribution in [2.75, 3.05) is 5.75 Å². The number of carbonyl (C=O) groups is 1. The van der Waals surface area contributed by atoms with Crippen LogP contribution < -0.4 is 10.9 Å². The van der Waals surface area contributed by atoms with Crippen LogP contribution in [0.4, 0.5) is 0 Å². The second-order valence-corrected chi connectivity index (χ2v) is 8.40. The molecule has 0 aliphatic rings. The largest absolute Gasteiger partial charge is 0.467 e. The highest BCUT2D eigenvalue weighted by Crippen LogP contribution is 2.21. The summed E-state index contributed by atoms with van der Waals surface area (Å²) >= 11 is 2.85. The van der Waals surface area contributed by atoms with Gasteiger partial charge in [0.05, 0.1) is 35.5 Å². The van der Waals surface area contributed by atoms with Crippen molar-refractivity contribution in [2.24, 2.45) is 0 Å². The van der Waals surface area contributed by atoms with Gasteiger partial charge in [0.25, 0.3) is 5.56 Å². The van der Waals surface area contributed by atoms with Gasteiger partial charge in [0.15, 0.2) is 5.16 Å². The van der Waals surface area contributed by atoms with Crippen LogP contribution in [0.15, 0.2) is 74.5 Å². The van der Waals surface area contributed by atoms with E-state index < -0.39 is 0 Å². The van der Waals surface area contributed by atoms with Crippen LogP contribution in [-0.4, -0.2) is 21.2 Å². The summed E-state index contributed by atoms with van der Waals surface area (Å²) in [6.07, 6.45) is 1.57. The fourth-order valence-corrected chi connectivity index (χ4v) is 4.52. The fraction of sp³-hybridized carbons (Fsp3) is 0.190. The predicted octanol–water partition coefficient (Wildman–Crippen LogP) is 4.07. The van der Waals surface area contributed by atoms with Crippen LogP contribution >= 0.6 is 23.1 Å². The number of hydrogen-bond donors (Lipinski definition) is 1. The number of thiophene rings is 1. The number of amides is 1. The van der Waals surface area contributed by atoms with Crippen LogP contribution in [-0.2, 0) is 11.3 Å². The van der Waals surface area contributed by atoms with Gasteiger partial charge in [-0.15, -0.1) is 11.3 Å². The molecule has 8 heteroatoms. The van der Waals surface area contributed by atoms with E-state index in [0.717, 1.165) is 4.88 Å². The van der Waals surface area contributed by atoms with Crippen molar-refractivity contribution in [1.29, 1.82) is 0 Å². The SMILES string of the molecule is CC(NC(=O)CSc1nc2ccccc2c(=O)n1Cc1ccco1)c1cccs1. The Bertz CT molecular complexity index is 1170. The maximum absolute atomic E-state index is 13.0. The summed E-state index contributed by atoms with van der Waals surface area (Å²) in [4.78, 5) is 31.2. The Morgan fingerprint density at radius 1 is 1.24 bits per heavy atom. The summed E-state index contributed by atoms with van der Waals surface area (Å²) in [5.74, 6) is 0.711. The molecule has 29 heavy (non-hydrogen) atoms. The van der Waals surface area contributed by atoms with Gasteiger partial charge in [0, 0.05) is 4.88 Å². The minimum Gasteiger partial charge on any atom is -0.467 e. The topological polar surface area (TPSA) is 77.1 Å². The maximum atomic E-state index is 13.0. The summed E-state index contributed by atoms with van der Waals surface area (Å²) < 4.78 is 6.96. The molecule has 1 atom stereocenters. The average Bonchev–Trinajstić information content (AvgIpc) is 3.43. The number of fused-ring (bicyclic) bond motifs is 1. The van der Waals surface area contributed by atoms with Crippen LogP contribution in [0.25, 0.3) is 10.9 Å². The molecular formula is C21H19N3O3S2. The summed E-state index contributed by atoms with van der Waals surface area (Å²) in [5, 5.41) is 6.00. The summed E-state index contributed by atoms with van der Waals surface area (Å²) in [6.45, 7) is 2.22. The molecule has 0 bridgehead atoms. The maximum Gasteiger partial charge on any atom is 0.262 e. The molecule has 0 aliphatic heterocycles. The quantitative estimate of drug-likeness (QED) is 0.357. The van der Waals surface area contributed by atoms with Crippen molar-refractivity contribution in [3.63, 3.8) is 0 Å². The average molecular weight is 426 g/mol. The molecule has 0 fully saturated rings. The van der Waals surface area contributed by atoms with Crippen LogP contribution in [0, 0.1) is 0 Å². The van der Waals surface area contributed by atoms with Crippen molar-refractivity contribution >= 4 is 39.9 Å². The third-order valence-electron chi connectivity index (χ3n) is 4.40. The first-order chi connectivity index (χ1) is 14.1. The minimum absolute atomic E-state index is 0.0574. The van der Waals surface area contributed by atoms with E-state index in [-0.39, 0.29) is 29.8 Å². The van der Waals surface area contributed by atoms with Crippen LogP contribution in [0.2, 0.25) is 0 Å². The number of furan rings is 1. The van der Waals surface area contributed by atoms with Crippen molar-refractivity contribution in [1.82, 2.24) is 14.9 Å². The number of nitrogens with zero attached hydrogens (tertiary/aromatic N) is 2. The summed E-state index contributed by atoms with van der Waals surface area (Å²) in [5.41, 5.74) is 0.463. The second-order valence-electron chi connectivity index (χ2n) is 6.48. The van der Waals surface area contributed by atoms with Gasteiger partial charge < -0.3 is 9.73 Å². The van der Waals surface area contributed by atoms with E-state index >= 15 is 0 Å². The number of benzene rings is 1. The van der Waals surface area contributed by atoms with E-state index in [1.165, 1.54) is 11.8 Å². The zero-order valence-corrected chi connectivity index (χ0v) is 17.3. The van der Waals surface area contributed by atoms with Gasteiger partial charge in [-0.1, -0.05) is 30.0 Å². The molecule has 1 unspecified atom stereocenters. The first kappa shape index (κ1) is 19.5. The zero-order valence-electron chi connectivity index (χ0n) is 15.7. The number of hydrogen-bond acceptors (Lipinski definition) is 6. The smallest absolute Gasteiger partial charge is 0.262 e. The number of rotatable bonds is 7. The minimum atomic E-state index is -0.151. The molecule has 0 spiro atoms. The first-order valence-electron chi connectivity index (χ1n) is 9.09. The van der Waals surface area contributed by atoms with E-state index in [9.17, 15) is 9.59 Å². The lowest BCUT2D eigenvalue weighted by molar-refractivity contribution is -0.119. The second kappa shape index (κ2) is 8.67. The molecule has 4 aromatic rings. The first-order valence-corrected chi connectivity index (χ1v) is 11.0. The Balaban J connectivity index is 1.56. The lowest BCUT2D eigenvalue weighted by atomic mass is 10.2. The molecule has 1 N–H and O–H groups in total. The fourth-order valence-electron chi connectivity index (χ4n) is 2.98. The van der Waals surface area contributed by atoms with Crippen LogP contribution in [0.5, 0.6) is 0 Å². The standard InChI is InChI=1S/C21H19N3O3S2/c1-14(18-9-5-11-28-18)22-19(25)13-29-21-23-17-8-3-2-7-16(17)20(26)24(21)12-15-6-4-10-27-15/h2-11,14H,12-13H2,1H3,(H,22,25). The van der Waals surface area contributed by atoms with E-state index in [4.69, 9.17) is 4.42 Å². The normalized spacial score (nSPS) is 12.2. The molecule has 6 nitrogen and oxygen atoms in total. The van der Waals surface area contributed by atoms with Gasteiger partial charge in [0.1, 0.15) is 5.76 Å². The monoisotopic (exact) mass is 425 g/mol. The summed E-state index contributed by atoms with van der Waals surface area (Å²) in [6, 6.07) is 14.7. The van der Waals surface area contributed by atoms with E-state index in [0.29, 0.717) is 21.8 Å². The lowest BCUT2D eigenvalue weighted by Gasteiger charge is -2.14. The highest BCUT2D eigenvalue weighted by molar-refractivity contribution is 7.99. The molecule has 0 saturated heterocycles. The third-order valence-corrected chi connectivity index (χ3v) is 6.43. The van der Waals surface area contributed by atoms with Crippen molar-refractivity contribution < 1.29 is 9.21 Å². The number of aromatic nitrogens is 2. The van der Waals surface area contributed by atoms with Gasteiger partial charge >= 0.3 is 0 Å². The number of nitrogens with one attached hydrogen (secondary N) is 1. The molecule has 148 valence electrons. The van der Waals surface area contributed by atoms with E-state index in [1.54, 1.807) is 40.4 Å². The van der Waals surface area contributed by atoms with Crippen molar-refractivity contribution in [2.45, 2.75) is 24.7 Å². The Kier molecular flexibility index (Phi) is 5.82. The van der Waals surface area contributed by atoms with Crippen molar-refractivity contribution in [3.8, 4) is 0 Å². The molecule has 1 amide bonds. The molecule has 0 saturated carbocycles. The molecule has 4 rings (SSSR count). The molecule has 0 aliphatic carbocycles. The van der Waals surface area contributed by atoms with Crippen LogP contribution in [0.1, 0.15) is 23.6 Å². The van der Waals surface area contributed by atoms with Gasteiger partial charge in [-0.2, -0.15) is 0 Å². The Morgan fingerprint density at radius 3 is 2.86 bits per heavy atom. The zero-order chi connectivity index (χ0) is 20.2. The van der Waals surface area contributed by atoms with Gasteiger partial charge in [0.2, 0.25) is 5.91 Å². The lowest BCUT2D eigenvalue weighted by Crippen LogP contribution is -2.29. The molecule has 3 heterocycles. The third kappa shape index (κ3) is 4.44.